The summed E-state index contributed by atoms with van der Waals surface area (Å²) in [6.45, 7) is 2.48. The summed E-state index contributed by atoms with van der Waals surface area (Å²) in [6.07, 6.45) is 8.42. The highest BCUT2D eigenvalue weighted by Gasteiger charge is 2.28. The molecule has 2 aliphatic rings. The lowest BCUT2D eigenvalue weighted by Gasteiger charge is -2.34. The number of carbonyl (C=O) groups is 1. The summed E-state index contributed by atoms with van der Waals surface area (Å²) in [5, 5.41) is 12.7. The Morgan fingerprint density at radius 3 is 2.60 bits per heavy atom. The minimum absolute atomic E-state index is 0.123. The quantitative estimate of drug-likeness (QED) is 0.834. The van der Waals surface area contributed by atoms with E-state index in [0.717, 1.165) is 25.9 Å². The first-order chi connectivity index (χ1) is 12.3. The van der Waals surface area contributed by atoms with Gasteiger partial charge in [-0.3, -0.25) is 9.69 Å². The molecule has 0 bridgehead atoms. The Morgan fingerprint density at radius 1 is 1.12 bits per heavy atom. The van der Waals surface area contributed by atoms with E-state index in [1.807, 2.05) is 6.07 Å². The number of rotatable bonds is 6. The number of likely N-dealkylation sites (tertiary alicyclic amines) is 1. The molecular formula is C21H32N2O2. The van der Waals surface area contributed by atoms with Crippen LogP contribution in [0.3, 0.4) is 0 Å². The number of aliphatic hydroxyl groups excluding tert-OH is 1. The van der Waals surface area contributed by atoms with E-state index in [9.17, 15) is 9.90 Å². The van der Waals surface area contributed by atoms with Crippen LogP contribution in [0.15, 0.2) is 30.3 Å². The molecule has 138 valence electrons. The number of benzene rings is 1. The van der Waals surface area contributed by atoms with Gasteiger partial charge in [0.2, 0.25) is 5.91 Å². The zero-order chi connectivity index (χ0) is 17.5. The summed E-state index contributed by atoms with van der Waals surface area (Å²) in [6, 6.07) is 10.6. The van der Waals surface area contributed by atoms with Crippen LogP contribution in [0.2, 0.25) is 0 Å². The van der Waals surface area contributed by atoms with Crippen LogP contribution in [0, 0.1) is 11.8 Å². The van der Waals surface area contributed by atoms with Gasteiger partial charge in [0, 0.05) is 13.2 Å². The second-order valence-electron chi connectivity index (χ2n) is 7.78. The molecule has 1 amide bonds. The summed E-state index contributed by atoms with van der Waals surface area (Å²) in [5.41, 5.74) is 1.23. The van der Waals surface area contributed by atoms with Crippen LogP contribution >= 0.6 is 0 Å². The zero-order valence-corrected chi connectivity index (χ0v) is 15.2. The minimum Gasteiger partial charge on any atom is -0.396 e. The van der Waals surface area contributed by atoms with Crippen molar-refractivity contribution in [1.29, 1.82) is 0 Å². The van der Waals surface area contributed by atoms with Crippen molar-refractivity contribution in [3.05, 3.63) is 35.9 Å². The third-order valence-corrected chi connectivity index (χ3v) is 5.82. The molecule has 1 saturated heterocycles. The molecule has 2 atom stereocenters. The van der Waals surface area contributed by atoms with Crippen LogP contribution in [0.1, 0.15) is 56.6 Å². The molecule has 1 aromatic carbocycles. The Labute approximate surface area is 151 Å². The van der Waals surface area contributed by atoms with Crippen LogP contribution < -0.4 is 5.32 Å². The highest BCUT2D eigenvalue weighted by atomic mass is 16.3. The maximum atomic E-state index is 12.7. The number of nitrogens with one attached hydrogen (secondary N) is 1. The molecule has 0 spiro atoms. The average molecular weight is 344 g/mol. The van der Waals surface area contributed by atoms with Crippen molar-refractivity contribution in [2.75, 3.05) is 26.2 Å². The van der Waals surface area contributed by atoms with Gasteiger partial charge in [-0.1, -0.05) is 49.6 Å². The summed E-state index contributed by atoms with van der Waals surface area (Å²) < 4.78 is 0. The van der Waals surface area contributed by atoms with E-state index in [0.29, 0.717) is 18.4 Å². The van der Waals surface area contributed by atoms with Gasteiger partial charge in [0.25, 0.3) is 0 Å². The predicted octanol–water partition coefficient (Wildman–Crippen LogP) is 3.13. The van der Waals surface area contributed by atoms with E-state index in [-0.39, 0.29) is 18.6 Å². The van der Waals surface area contributed by atoms with Crippen LogP contribution in [-0.4, -0.2) is 42.2 Å². The van der Waals surface area contributed by atoms with Gasteiger partial charge in [-0.25, -0.2) is 0 Å². The van der Waals surface area contributed by atoms with E-state index in [4.69, 9.17) is 0 Å². The smallest absolute Gasteiger partial charge is 0.234 e. The van der Waals surface area contributed by atoms with E-state index in [1.54, 1.807) is 0 Å². The number of nitrogens with zero attached hydrogens (tertiary/aromatic N) is 1. The van der Waals surface area contributed by atoms with Crippen molar-refractivity contribution in [3.8, 4) is 0 Å². The molecule has 0 radical (unpaired) electrons. The molecule has 1 heterocycles. The van der Waals surface area contributed by atoms with E-state index >= 15 is 0 Å². The molecule has 3 rings (SSSR count). The number of carbonyl (C=O) groups excluding carboxylic acids is 1. The Bertz CT molecular complexity index is 528. The molecule has 2 N–H and O–H groups in total. The monoisotopic (exact) mass is 344 g/mol. The van der Waals surface area contributed by atoms with Crippen LogP contribution in [0.25, 0.3) is 0 Å². The van der Waals surface area contributed by atoms with Crippen molar-refractivity contribution in [2.24, 2.45) is 11.8 Å². The van der Waals surface area contributed by atoms with Crippen LogP contribution in [0.4, 0.5) is 0 Å². The number of piperidine rings is 1. The molecule has 1 aliphatic heterocycles. The van der Waals surface area contributed by atoms with Gasteiger partial charge in [-0.15, -0.1) is 0 Å². The van der Waals surface area contributed by atoms with Gasteiger partial charge < -0.3 is 10.4 Å². The van der Waals surface area contributed by atoms with Crippen molar-refractivity contribution < 1.29 is 9.90 Å². The molecular weight excluding hydrogens is 312 g/mol. The summed E-state index contributed by atoms with van der Waals surface area (Å²) in [7, 11) is 0. The highest BCUT2D eigenvalue weighted by Crippen LogP contribution is 2.34. The second-order valence-corrected chi connectivity index (χ2v) is 7.78. The predicted molar refractivity (Wildman–Crippen MR) is 100 cm³/mol. The van der Waals surface area contributed by atoms with Gasteiger partial charge in [-0.2, -0.15) is 0 Å². The lowest BCUT2D eigenvalue weighted by Crippen LogP contribution is -2.45. The first-order valence-electron chi connectivity index (χ1n) is 9.94. The van der Waals surface area contributed by atoms with Crippen LogP contribution in [0.5, 0.6) is 0 Å². The van der Waals surface area contributed by atoms with E-state index in [1.165, 1.54) is 37.7 Å². The zero-order valence-electron chi connectivity index (χ0n) is 15.2. The minimum atomic E-state index is 0.123. The third-order valence-electron chi connectivity index (χ3n) is 5.82. The normalized spacial score (nSPS) is 24.0. The summed E-state index contributed by atoms with van der Waals surface area (Å²) in [5.74, 6) is 0.995. The Balaban J connectivity index is 1.62. The molecule has 2 unspecified atom stereocenters. The van der Waals surface area contributed by atoms with Gasteiger partial charge >= 0.3 is 0 Å². The fourth-order valence-electron chi connectivity index (χ4n) is 4.47. The number of aliphatic hydroxyl groups is 1. The fraction of sp³-hybridized carbons (Fsp3) is 0.667. The van der Waals surface area contributed by atoms with E-state index < -0.39 is 0 Å². The Kier molecular flexibility index (Phi) is 6.88. The molecule has 2 fully saturated rings. The third kappa shape index (κ3) is 5.29. The van der Waals surface area contributed by atoms with Crippen molar-refractivity contribution >= 4 is 5.91 Å². The summed E-state index contributed by atoms with van der Waals surface area (Å²) >= 11 is 0. The molecule has 4 heteroatoms. The molecule has 25 heavy (non-hydrogen) atoms. The average Bonchev–Trinajstić information content (AvgIpc) is 2.67. The molecule has 0 aromatic heterocycles. The van der Waals surface area contributed by atoms with E-state index in [2.05, 4.69) is 34.5 Å². The van der Waals surface area contributed by atoms with Crippen molar-refractivity contribution in [2.45, 2.75) is 51.0 Å². The lowest BCUT2D eigenvalue weighted by molar-refractivity contribution is -0.124. The largest absolute Gasteiger partial charge is 0.396 e. The number of hydrogen-bond donors (Lipinski definition) is 2. The lowest BCUT2D eigenvalue weighted by atomic mass is 9.81. The fourth-order valence-corrected chi connectivity index (χ4v) is 4.47. The van der Waals surface area contributed by atoms with Crippen molar-refractivity contribution in [1.82, 2.24) is 10.2 Å². The Hall–Kier alpha value is -1.39. The van der Waals surface area contributed by atoms with Gasteiger partial charge in [0.05, 0.1) is 12.6 Å². The second kappa shape index (κ2) is 9.35. The first-order valence-corrected chi connectivity index (χ1v) is 9.94. The standard InChI is InChI=1S/C21H32N2O2/c24-16-17-8-7-13-23(14-17)15-20(25)22-21(18-9-3-1-4-10-18)19-11-5-2-6-12-19/h1,3-4,9-10,17,19,21,24H,2,5-8,11-16H2,(H,22,25). The highest BCUT2D eigenvalue weighted by molar-refractivity contribution is 5.78. The van der Waals surface area contributed by atoms with Gasteiger partial charge in [-0.05, 0) is 49.6 Å². The summed E-state index contributed by atoms with van der Waals surface area (Å²) in [4.78, 5) is 14.9. The SMILES string of the molecule is O=C(CN1CCCC(CO)C1)NC(c1ccccc1)C1CCCCC1. The maximum Gasteiger partial charge on any atom is 0.234 e. The molecule has 1 saturated carbocycles. The maximum absolute atomic E-state index is 12.7. The number of hydrogen-bond acceptors (Lipinski definition) is 3. The van der Waals surface area contributed by atoms with Gasteiger partial charge in [0.1, 0.15) is 0 Å². The Morgan fingerprint density at radius 2 is 1.88 bits per heavy atom. The number of amides is 1. The first kappa shape index (κ1) is 18.4. The molecule has 1 aromatic rings. The van der Waals surface area contributed by atoms with Crippen LogP contribution in [-0.2, 0) is 4.79 Å². The molecule has 1 aliphatic carbocycles. The topological polar surface area (TPSA) is 52.6 Å². The molecule has 4 nitrogen and oxygen atoms in total. The van der Waals surface area contributed by atoms with Gasteiger partial charge in [0.15, 0.2) is 0 Å². The van der Waals surface area contributed by atoms with Crippen molar-refractivity contribution in [3.63, 3.8) is 0 Å².